The first-order valence-electron chi connectivity index (χ1n) is 8.61. The highest BCUT2D eigenvalue weighted by Crippen LogP contribution is 2.35. The van der Waals surface area contributed by atoms with Gasteiger partial charge in [0.05, 0.1) is 11.6 Å². The molecule has 2 aromatic carbocycles. The fraction of sp³-hybridized carbons (Fsp3) is 0.0455. The van der Waals surface area contributed by atoms with Gasteiger partial charge in [0, 0.05) is 22.7 Å². The van der Waals surface area contributed by atoms with E-state index in [9.17, 15) is 27.2 Å². The van der Waals surface area contributed by atoms with E-state index in [0.717, 1.165) is 18.2 Å². The fourth-order valence-corrected chi connectivity index (χ4v) is 3.18. The van der Waals surface area contributed by atoms with Crippen LogP contribution in [0.1, 0.15) is 11.3 Å². The number of hydrogen-bond donors (Lipinski definition) is 0. The summed E-state index contributed by atoms with van der Waals surface area (Å²) in [6.45, 7) is 0. The number of alkyl halides is 3. The predicted molar refractivity (Wildman–Crippen MR) is 100 cm³/mol. The molecule has 0 aliphatic rings. The fourth-order valence-electron chi connectivity index (χ4n) is 3.18. The number of pyridine rings is 2. The summed E-state index contributed by atoms with van der Waals surface area (Å²) in [5.41, 5.74) is 0.0267. The molecule has 30 heavy (non-hydrogen) atoms. The number of nitrogens with zero attached hydrogens (tertiary/aromatic N) is 3. The standard InChI is InChI=1S/C22H10F5N3/c23-14-2-3-15(13(9-14)11-28)18-10-12(1-5-19(18)24)16-7-8-29-21-17(16)4-6-20(30-21)22(25,26)27/h1-10H. The molecule has 0 spiro atoms. The predicted octanol–water partition coefficient (Wildman–Crippen LogP) is 6.13. The van der Waals surface area contributed by atoms with E-state index in [1.165, 1.54) is 36.5 Å². The minimum absolute atomic E-state index is 0.0397. The van der Waals surface area contributed by atoms with Gasteiger partial charge in [-0.25, -0.2) is 18.7 Å². The molecular formula is C22H10F5N3. The maximum absolute atomic E-state index is 14.5. The highest BCUT2D eigenvalue weighted by atomic mass is 19.4. The Balaban J connectivity index is 1.90. The van der Waals surface area contributed by atoms with Crippen molar-refractivity contribution in [3.8, 4) is 28.3 Å². The summed E-state index contributed by atoms with van der Waals surface area (Å²) in [6.07, 6.45) is -3.29. The first-order valence-corrected chi connectivity index (χ1v) is 8.61. The van der Waals surface area contributed by atoms with E-state index in [0.29, 0.717) is 16.5 Å². The van der Waals surface area contributed by atoms with Crippen LogP contribution >= 0.6 is 0 Å². The lowest BCUT2D eigenvalue weighted by molar-refractivity contribution is -0.141. The van der Waals surface area contributed by atoms with Crippen molar-refractivity contribution in [2.45, 2.75) is 6.18 Å². The molecule has 0 saturated heterocycles. The largest absolute Gasteiger partial charge is 0.433 e. The van der Waals surface area contributed by atoms with Gasteiger partial charge in [0.1, 0.15) is 17.3 Å². The highest BCUT2D eigenvalue weighted by molar-refractivity contribution is 5.93. The molecule has 0 radical (unpaired) electrons. The van der Waals surface area contributed by atoms with Crippen LogP contribution in [0.25, 0.3) is 33.3 Å². The number of fused-ring (bicyclic) bond motifs is 1. The van der Waals surface area contributed by atoms with Crippen LogP contribution in [0.3, 0.4) is 0 Å². The van der Waals surface area contributed by atoms with Crippen molar-refractivity contribution in [3.63, 3.8) is 0 Å². The molecular weight excluding hydrogens is 401 g/mol. The van der Waals surface area contributed by atoms with Gasteiger partial charge in [-0.1, -0.05) is 12.1 Å². The molecule has 2 heterocycles. The molecule has 0 bridgehead atoms. The van der Waals surface area contributed by atoms with E-state index in [-0.39, 0.29) is 22.3 Å². The summed E-state index contributed by atoms with van der Waals surface area (Å²) < 4.78 is 66.8. The van der Waals surface area contributed by atoms with Crippen LogP contribution in [0.15, 0.2) is 60.8 Å². The molecule has 3 nitrogen and oxygen atoms in total. The van der Waals surface area contributed by atoms with Gasteiger partial charge >= 0.3 is 6.18 Å². The van der Waals surface area contributed by atoms with Crippen LogP contribution in [-0.4, -0.2) is 9.97 Å². The molecule has 0 atom stereocenters. The number of nitriles is 1. The number of benzene rings is 2. The van der Waals surface area contributed by atoms with Gasteiger partial charge < -0.3 is 0 Å². The van der Waals surface area contributed by atoms with Crippen LogP contribution in [0, 0.1) is 23.0 Å². The number of aromatic nitrogens is 2. The molecule has 4 aromatic rings. The smallest absolute Gasteiger partial charge is 0.237 e. The monoisotopic (exact) mass is 411 g/mol. The van der Waals surface area contributed by atoms with Crippen LogP contribution in [0.5, 0.6) is 0 Å². The third kappa shape index (κ3) is 3.46. The SMILES string of the molecule is N#Cc1cc(F)ccc1-c1cc(-c2ccnc3nc(C(F)(F)F)ccc23)ccc1F. The molecule has 0 aliphatic heterocycles. The Kier molecular flexibility index (Phi) is 4.66. The second-order valence-electron chi connectivity index (χ2n) is 6.42. The Morgan fingerprint density at radius 2 is 1.63 bits per heavy atom. The molecule has 0 unspecified atom stereocenters. The molecule has 8 heteroatoms. The summed E-state index contributed by atoms with van der Waals surface area (Å²) >= 11 is 0. The lowest BCUT2D eigenvalue weighted by atomic mass is 9.95. The van der Waals surface area contributed by atoms with Crippen molar-refractivity contribution < 1.29 is 22.0 Å². The summed E-state index contributed by atoms with van der Waals surface area (Å²) in [6, 6.07) is 13.0. The Morgan fingerprint density at radius 3 is 2.37 bits per heavy atom. The van der Waals surface area contributed by atoms with E-state index in [2.05, 4.69) is 9.97 Å². The second-order valence-corrected chi connectivity index (χ2v) is 6.42. The van der Waals surface area contributed by atoms with Crippen LogP contribution < -0.4 is 0 Å². The average molecular weight is 411 g/mol. The normalized spacial score (nSPS) is 11.5. The van der Waals surface area contributed by atoms with E-state index in [1.54, 1.807) is 6.07 Å². The van der Waals surface area contributed by atoms with Gasteiger partial charge in [-0.3, -0.25) is 0 Å². The number of rotatable bonds is 2. The molecule has 148 valence electrons. The Hall–Kier alpha value is -3.86. The van der Waals surface area contributed by atoms with Crippen LogP contribution in [-0.2, 0) is 6.18 Å². The van der Waals surface area contributed by atoms with Gasteiger partial charge in [0.25, 0.3) is 0 Å². The lowest BCUT2D eigenvalue weighted by Gasteiger charge is -2.12. The van der Waals surface area contributed by atoms with Crippen molar-refractivity contribution in [3.05, 3.63) is 83.7 Å². The Bertz CT molecular complexity index is 1320. The molecule has 2 aromatic heterocycles. The van der Waals surface area contributed by atoms with Crippen molar-refractivity contribution in [2.75, 3.05) is 0 Å². The molecule has 0 fully saturated rings. The van der Waals surface area contributed by atoms with Crippen molar-refractivity contribution in [2.24, 2.45) is 0 Å². The molecule has 0 N–H and O–H groups in total. The third-order valence-corrected chi connectivity index (χ3v) is 4.56. The maximum Gasteiger partial charge on any atom is 0.433 e. The first-order chi connectivity index (χ1) is 14.3. The minimum Gasteiger partial charge on any atom is -0.237 e. The van der Waals surface area contributed by atoms with E-state index in [1.807, 2.05) is 6.07 Å². The number of hydrogen-bond acceptors (Lipinski definition) is 3. The van der Waals surface area contributed by atoms with Crippen molar-refractivity contribution >= 4 is 11.0 Å². The summed E-state index contributed by atoms with van der Waals surface area (Å²) in [5, 5.41) is 9.62. The topological polar surface area (TPSA) is 49.6 Å². The van der Waals surface area contributed by atoms with E-state index in [4.69, 9.17) is 0 Å². The third-order valence-electron chi connectivity index (χ3n) is 4.56. The Morgan fingerprint density at radius 1 is 0.833 bits per heavy atom. The molecule has 0 saturated carbocycles. The van der Waals surface area contributed by atoms with E-state index < -0.39 is 23.5 Å². The van der Waals surface area contributed by atoms with Crippen molar-refractivity contribution in [1.29, 1.82) is 5.26 Å². The minimum atomic E-state index is -4.61. The van der Waals surface area contributed by atoms with Gasteiger partial charge in [0.2, 0.25) is 0 Å². The van der Waals surface area contributed by atoms with Gasteiger partial charge in [-0.15, -0.1) is 0 Å². The second kappa shape index (κ2) is 7.19. The number of halogens is 5. The van der Waals surface area contributed by atoms with Crippen molar-refractivity contribution in [1.82, 2.24) is 9.97 Å². The van der Waals surface area contributed by atoms with Gasteiger partial charge in [0.15, 0.2) is 5.65 Å². The first kappa shape index (κ1) is 19.5. The summed E-state index contributed by atoms with van der Waals surface area (Å²) in [4.78, 5) is 7.48. The quantitative estimate of drug-likeness (QED) is 0.373. The lowest BCUT2D eigenvalue weighted by Crippen LogP contribution is -2.08. The molecule has 4 rings (SSSR count). The summed E-state index contributed by atoms with van der Waals surface area (Å²) in [7, 11) is 0. The molecule has 0 amide bonds. The Labute approximate surface area is 167 Å². The average Bonchev–Trinajstić information content (AvgIpc) is 2.73. The van der Waals surface area contributed by atoms with Crippen LogP contribution in [0.2, 0.25) is 0 Å². The van der Waals surface area contributed by atoms with Gasteiger partial charge in [-0.05, 0) is 53.6 Å². The van der Waals surface area contributed by atoms with Crippen LogP contribution in [0.4, 0.5) is 22.0 Å². The molecule has 0 aliphatic carbocycles. The zero-order valence-electron chi connectivity index (χ0n) is 15.0. The van der Waals surface area contributed by atoms with E-state index >= 15 is 0 Å². The highest BCUT2D eigenvalue weighted by Gasteiger charge is 2.32. The van der Waals surface area contributed by atoms with Gasteiger partial charge in [-0.2, -0.15) is 18.4 Å². The summed E-state index contributed by atoms with van der Waals surface area (Å²) in [5.74, 6) is -1.25. The zero-order chi connectivity index (χ0) is 21.5. The zero-order valence-corrected chi connectivity index (χ0v) is 15.0. The maximum atomic E-state index is 14.5.